The number of fused-ring (bicyclic) bond motifs is 5. The quantitative estimate of drug-likeness (QED) is 0.732. The van der Waals surface area contributed by atoms with E-state index in [2.05, 4.69) is 24.2 Å². The minimum Gasteiger partial charge on any atom is -0.373 e. The third kappa shape index (κ3) is 2.45. The summed E-state index contributed by atoms with van der Waals surface area (Å²) in [5.41, 5.74) is 2.58. The Kier molecular flexibility index (Phi) is 3.22. The van der Waals surface area contributed by atoms with Gasteiger partial charge >= 0.3 is 0 Å². The highest BCUT2D eigenvalue weighted by Gasteiger charge is 2.43. The molecule has 0 amide bonds. The molecule has 0 aliphatic carbocycles. The molecule has 8 nitrogen and oxygen atoms in total. The zero-order valence-electron chi connectivity index (χ0n) is 13.8. The highest BCUT2D eigenvalue weighted by atomic mass is 32.2. The van der Waals surface area contributed by atoms with Crippen LogP contribution >= 0.6 is 0 Å². The maximum absolute atomic E-state index is 11.6. The van der Waals surface area contributed by atoms with Gasteiger partial charge in [0.25, 0.3) is 0 Å². The van der Waals surface area contributed by atoms with Gasteiger partial charge in [-0.1, -0.05) is 0 Å². The molecular formula is C16H19N5O3S. The molecule has 3 atom stereocenters. The Bertz CT molecular complexity index is 1070. The van der Waals surface area contributed by atoms with Gasteiger partial charge in [-0.05, 0) is 25.3 Å². The number of nitrogens with one attached hydrogen (secondary N) is 2. The molecule has 2 N–H and O–H groups in total. The molecule has 2 saturated heterocycles. The van der Waals surface area contributed by atoms with Crippen LogP contribution in [0.25, 0.3) is 22.1 Å². The summed E-state index contributed by atoms with van der Waals surface area (Å²) in [6, 6.07) is 2.17. The van der Waals surface area contributed by atoms with E-state index in [4.69, 9.17) is 4.74 Å². The molecule has 0 unspecified atom stereocenters. The summed E-state index contributed by atoms with van der Waals surface area (Å²) >= 11 is 0. The van der Waals surface area contributed by atoms with Crippen LogP contribution in [0.2, 0.25) is 0 Å². The fourth-order valence-corrected chi connectivity index (χ4v) is 4.59. The lowest BCUT2D eigenvalue weighted by atomic mass is 9.95. The summed E-state index contributed by atoms with van der Waals surface area (Å²) in [6.07, 6.45) is 8.31. The van der Waals surface area contributed by atoms with Crippen molar-refractivity contribution in [3.05, 3.63) is 24.3 Å². The number of rotatable bonds is 4. The third-order valence-corrected chi connectivity index (χ3v) is 5.87. The smallest absolute Gasteiger partial charge is 0.209 e. The van der Waals surface area contributed by atoms with Crippen LogP contribution in [0.1, 0.15) is 31.1 Å². The number of hydrogen-bond donors (Lipinski definition) is 2. The fraction of sp³-hybridized carbons (Fsp3) is 0.500. The standard InChI is InChI=1S/C16H19N5O3S/c1-25(22,23)19-8-14-20-11-7-18-16-10(4-5-17-16)15(11)21(14)12-6-9-2-3-13(12)24-9/h4-5,7,9,12-13,19H,2-3,6,8H2,1H3,(H,17,18)/t9-,12-,13+/m0/s1. The molecule has 2 fully saturated rings. The van der Waals surface area contributed by atoms with Crippen molar-refractivity contribution in [1.82, 2.24) is 24.2 Å². The van der Waals surface area contributed by atoms with E-state index in [0.717, 1.165) is 47.6 Å². The van der Waals surface area contributed by atoms with Gasteiger partial charge in [0.1, 0.15) is 17.0 Å². The van der Waals surface area contributed by atoms with Gasteiger partial charge in [-0.3, -0.25) is 0 Å². The molecule has 2 bridgehead atoms. The first kappa shape index (κ1) is 15.3. The van der Waals surface area contributed by atoms with Gasteiger partial charge in [0.05, 0.1) is 42.8 Å². The summed E-state index contributed by atoms with van der Waals surface area (Å²) in [7, 11) is -3.30. The number of aromatic nitrogens is 4. The Balaban J connectivity index is 1.70. The summed E-state index contributed by atoms with van der Waals surface area (Å²) in [5, 5.41) is 0.998. The van der Waals surface area contributed by atoms with Crippen LogP contribution in [-0.2, 0) is 21.3 Å². The van der Waals surface area contributed by atoms with Gasteiger partial charge in [0, 0.05) is 11.6 Å². The fourth-order valence-electron chi connectivity index (χ4n) is 4.20. The van der Waals surface area contributed by atoms with Gasteiger partial charge in [0.2, 0.25) is 10.0 Å². The van der Waals surface area contributed by atoms with Crippen molar-refractivity contribution in [2.45, 2.75) is 44.1 Å². The SMILES string of the molecule is CS(=O)(=O)NCc1nc2cnc3[nH]ccc3c2n1[C@H]1C[C@@H]2CC[C@H]1O2. The largest absolute Gasteiger partial charge is 0.373 e. The summed E-state index contributed by atoms with van der Waals surface area (Å²) in [6.45, 7) is 0.160. The lowest BCUT2D eigenvalue weighted by molar-refractivity contribution is 0.0939. The van der Waals surface area contributed by atoms with Crippen LogP contribution in [0.15, 0.2) is 18.5 Å². The first-order chi connectivity index (χ1) is 12.0. The molecule has 5 heterocycles. The van der Waals surface area contributed by atoms with E-state index in [0.29, 0.717) is 11.9 Å². The number of H-pyrrole nitrogens is 1. The lowest BCUT2D eigenvalue weighted by Crippen LogP contribution is -2.27. The van der Waals surface area contributed by atoms with Crippen LogP contribution in [0.4, 0.5) is 0 Å². The topological polar surface area (TPSA) is 102 Å². The molecule has 5 rings (SSSR count). The van der Waals surface area contributed by atoms with Crippen LogP contribution < -0.4 is 4.72 Å². The lowest BCUT2D eigenvalue weighted by Gasteiger charge is -2.23. The molecular weight excluding hydrogens is 342 g/mol. The molecule has 25 heavy (non-hydrogen) atoms. The van der Waals surface area contributed by atoms with Crippen molar-refractivity contribution in [3.63, 3.8) is 0 Å². The highest BCUT2D eigenvalue weighted by Crippen LogP contribution is 2.44. The van der Waals surface area contributed by atoms with Gasteiger partial charge in [0.15, 0.2) is 0 Å². The number of pyridine rings is 1. The number of aromatic amines is 1. The Morgan fingerprint density at radius 3 is 3.04 bits per heavy atom. The van der Waals surface area contributed by atoms with Gasteiger partial charge in [-0.25, -0.2) is 23.1 Å². The van der Waals surface area contributed by atoms with Crippen LogP contribution in [0.5, 0.6) is 0 Å². The molecule has 3 aromatic heterocycles. The summed E-state index contributed by atoms with van der Waals surface area (Å²) < 4.78 is 33.9. The molecule has 0 radical (unpaired) electrons. The minimum absolute atomic E-state index is 0.160. The van der Waals surface area contributed by atoms with E-state index >= 15 is 0 Å². The second-order valence-electron chi connectivity index (χ2n) is 6.90. The van der Waals surface area contributed by atoms with Crippen molar-refractivity contribution in [3.8, 4) is 0 Å². The zero-order chi connectivity index (χ0) is 17.2. The predicted octanol–water partition coefficient (Wildman–Crippen LogP) is 1.45. The van der Waals surface area contributed by atoms with Crippen LogP contribution in [0.3, 0.4) is 0 Å². The zero-order valence-corrected chi connectivity index (χ0v) is 14.6. The first-order valence-electron chi connectivity index (χ1n) is 8.42. The summed E-state index contributed by atoms with van der Waals surface area (Å²) in [4.78, 5) is 12.2. The monoisotopic (exact) mass is 361 g/mol. The van der Waals surface area contributed by atoms with Crippen molar-refractivity contribution in [2.24, 2.45) is 0 Å². The maximum atomic E-state index is 11.6. The Morgan fingerprint density at radius 2 is 2.32 bits per heavy atom. The van der Waals surface area contributed by atoms with Crippen molar-refractivity contribution < 1.29 is 13.2 Å². The van der Waals surface area contributed by atoms with Gasteiger partial charge in [-0.15, -0.1) is 0 Å². The highest BCUT2D eigenvalue weighted by molar-refractivity contribution is 7.88. The average Bonchev–Trinajstić information content (AvgIpc) is 3.31. The molecule has 0 aromatic carbocycles. The number of nitrogens with zero attached hydrogens (tertiary/aromatic N) is 3. The Hall–Kier alpha value is -1.97. The Morgan fingerprint density at radius 1 is 1.44 bits per heavy atom. The normalized spacial score (nSPS) is 26.2. The number of imidazole rings is 1. The molecule has 2 aliphatic rings. The molecule has 0 saturated carbocycles. The number of hydrogen-bond acceptors (Lipinski definition) is 5. The van der Waals surface area contributed by atoms with Crippen LogP contribution in [-0.4, -0.2) is 46.4 Å². The van der Waals surface area contributed by atoms with E-state index in [1.807, 2.05) is 12.3 Å². The van der Waals surface area contributed by atoms with Crippen molar-refractivity contribution >= 4 is 32.1 Å². The number of ether oxygens (including phenoxy) is 1. The molecule has 3 aromatic rings. The van der Waals surface area contributed by atoms with Crippen molar-refractivity contribution in [2.75, 3.05) is 6.26 Å². The third-order valence-electron chi connectivity index (χ3n) is 5.21. The molecule has 2 aliphatic heterocycles. The van der Waals surface area contributed by atoms with E-state index in [9.17, 15) is 8.42 Å². The van der Waals surface area contributed by atoms with E-state index < -0.39 is 10.0 Å². The van der Waals surface area contributed by atoms with E-state index in [1.165, 1.54) is 0 Å². The second-order valence-corrected chi connectivity index (χ2v) is 8.73. The van der Waals surface area contributed by atoms with Crippen LogP contribution in [0, 0.1) is 0 Å². The Labute approximate surface area is 144 Å². The minimum atomic E-state index is -3.30. The second kappa shape index (κ2) is 5.26. The molecule has 132 valence electrons. The first-order valence-corrected chi connectivity index (χ1v) is 10.3. The summed E-state index contributed by atoms with van der Waals surface area (Å²) in [5.74, 6) is 0.706. The average molecular weight is 361 g/mol. The molecule has 9 heteroatoms. The number of sulfonamides is 1. The van der Waals surface area contributed by atoms with E-state index in [1.54, 1.807) is 6.20 Å². The van der Waals surface area contributed by atoms with Crippen molar-refractivity contribution in [1.29, 1.82) is 0 Å². The van der Waals surface area contributed by atoms with E-state index in [-0.39, 0.29) is 18.7 Å². The van der Waals surface area contributed by atoms with Gasteiger partial charge in [-0.2, -0.15) is 0 Å². The predicted molar refractivity (Wildman–Crippen MR) is 92.6 cm³/mol. The maximum Gasteiger partial charge on any atom is 0.209 e. The molecule has 0 spiro atoms. The van der Waals surface area contributed by atoms with Gasteiger partial charge < -0.3 is 14.3 Å².